The minimum absolute atomic E-state index is 0.152. The molecule has 1 heterocycles. The number of hydrogen-bond donors (Lipinski definition) is 4. The summed E-state index contributed by atoms with van der Waals surface area (Å²) < 4.78 is 0. The van der Waals surface area contributed by atoms with Gasteiger partial charge in [-0.15, -0.1) is 0 Å². The predicted molar refractivity (Wildman–Crippen MR) is 105 cm³/mol. The SMILES string of the molecule is CNC(=O)c1cc(C(=O)NC)cc(N2C(N)=NC(N)=NC23CCCCC3)c1. The number of guanidine groups is 2. The number of nitrogens with one attached hydrogen (secondary N) is 2. The zero-order valence-corrected chi connectivity index (χ0v) is 15.6. The van der Waals surface area contributed by atoms with Gasteiger partial charge in [0.25, 0.3) is 11.8 Å². The lowest BCUT2D eigenvalue weighted by molar-refractivity contribution is 0.0962. The fourth-order valence-electron chi connectivity index (χ4n) is 3.79. The maximum atomic E-state index is 12.2. The molecule has 1 aromatic rings. The Kier molecular flexibility index (Phi) is 5.02. The van der Waals surface area contributed by atoms with Crippen molar-refractivity contribution in [3.8, 4) is 0 Å². The number of benzene rings is 1. The van der Waals surface area contributed by atoms with Crippen LogP contribution >= 0.6 is 0 Å². The molecule has 0 saturated heterocycles. The minimum atomic E-state index is -0.643. The fraction of sp³-hybridized carbons (Fsp3) is 0.444. The molecule has 3 rings (SSSR count). The van der Waals surface area contributed by atoms with E-state index in [9.17, 15) is 9.59 Å². The number of hydrogen-bond acceptors (Lipinski definition) is 7. The Balaban J connectivity index is 2.16. The lowest BCUT2D eigenvalue weighted by Gasteiger charge is -2.45. The molecule has 0 atom stereocenters. The van der Waals surface area contributed by atoms with E-state index in [0.717, 1.165) is 32.1 Å². The van der Waals surface area contributed by atoms with Gasteiger partial charge in [0.1, 0.15) is 5.66 Å². The Morgan fingerprint density at radius 1 is 1.00 bits per heavy atom. The summed E-state index contributed by atoms with van der Waals surface area (Å²) in [6, 6.07) is 4.94. The van der Waals surface area contributed by atoms with Gasteiger partial charge in [-0.2, -0.15) is 4.99 Å². The van der Waals surface area contributed by atoms with E-state index < -0.39 is 5.66 Å². The molecular weight excluding hydrogens is 346 g/mol. The Morgan fingerprint density at radius 2 is 1.56 bits per heavy atom. The average molecular weight is 371 g/mol. The molecule has 1 aliphatic carbocycles. The summed E-state index contributed by atoms with van der Waals surface area (Å²) in [4.78, 5) is 35.0. The first-order valence-corrected chi connectivity index (χ1v) is 8.99. The third kappa shape index (κ3) is 3.44. The van der Waals surface area contributed by atoms with Crippen LogP contribution < -0.4 is 27.0 Å². The van der Waals surface area contributed by atoms with Gasteiger partial charge in [-0.3, -0.25) is 14.5 Å². The summed E-state index contributed by atoms with van der Waals surface area (Å²) in [5.41, 5.74) is 12.8. The van der Waals surface area contributed by atoms with E-state index >= 15 is 0 Å². The molecule has 2 aliphatic rings. The van der Waals surface area contributed by atoms with Crippen LogP contribution in [0.25, 0.3) is 0 Å². The van der Waals surface area contributed by atoms with Crippen LogP contribution in [0.3, 0.4) is 0 Å². The summed E-state index contributed by atoms with van der Waals surface area (Å²) in [5.74, 6) is -0.230. The van der Waals surface area contributed by atoms with Crippen LogP contribution in [0.15, 0.2) is 28.2 Å². The van der Waals surface area contributed by atoms with Gasteiger partial charge in [0.2, 0.25) is 11.9 Å². The molecule has 1 spiro atoms. The van der Waals surface area contributed by atoms with Crippen molar-refractivity contribution >= 4 is 29.4 Å². The first-order valence-electron chi connectivity index (χ1n) is 8.99. The zero-order chi connectivity index (χ0) is 19.6. The van der Waals surface area contributed by atoms with Crippen LogP contribution in [0.4, 0.5) is 5.69 Å². The second kappa shape index (κ2) is 7.26. The number of carbonyl (C=O) groups is 2. The normalized spacial score (nSPS) is 18.5. The number of nitrogens with two attached hydrogens (primary N) is 2. The second-order valence-corrected chi connectivity index (χ2v) is 6.75. The average Bonchev–Trinajstić information content (AvgIpc) is 2.66. The Hall–Kier alpha value is -3.10. The lowest BCUT2D eigenvalue weighted by Crippen LogP contribution is -2.58. The molecule has 0 radical (unpaired) electrons. The number of carbonyl (C=O) groups excluding carboxylic acids is 2. The first-order chi connectivity index (χ1) is 12.9. The monoisotopic (exact) mass is 371 g/mol. The van der Waals surface area contributed by atoms with E-state index in [1.807, 2.05) is 0 Å². The van der Waals surface area contributed by atoms with Gasteiger partial charge in [0.05, 0.1) is 0 Å². The van der Waals surface area contributed by atoms with Crippen LogP contribution in [0.2, 0.25) is 0 Å². The van der Waals surface area contributed by atoms with E-state index in [1.54, 1.807) is 37.2 Å². The molecule has 9 heteroatoms. The highest BCUT2D eigenvalue weighted by atomic mass is 16.2. The number of aliphatic imine (C=N–C) groups is 2. The third-order valence-corrected chi connectivity index (χ3v) is 5.01. The van der Waals surface area contributed by atoms with Crippen LogP contribution in [0.5, 0.6) is 0 Å². The van der Waals surface area contributed by atoms with E-state index in [4.69, 9.17) is 11.5 Å². The molecule has 144 valence electrons. The molecular formula is C18H25N7O2. The Labute approximate surface area is 157 Å². The highest BCUT2D eigenvalue weighted by Crippen LogP contribution is 2.40. The van der Waals surface area contributed by atoms with Crippen molar-refractivity contribution in [3.05, 3.63) is 29.3 Å². The summed E-state index contributed by atoms with van der Waals surface area (Å²) >= 11 is 0. The van der Waals surface area contributed by atoms with E-state index in [1.165, 1.54) is 0 Å². The zero-order valence-electron chi connectivity index (χ0n) is 15.6. The quantitative estimate of drug-likeness (QED) is 0.613. The molecule has 1 saturated carbocycles. The van der Waals surface area contributed by atoms with Crippen molar-refractivity contribution in [2.45, 2.75) is 37.8 Å². The Morgan fingerprint density at radius 3 is 2.07 bits per heavy atom. The lowest BCUT2D eigenvalue weighted by atomic mass is 9.87. The predicted octanol–water partition coefficient (Wildman–Crippen LogP) is 0.516. The van der Waals surface area contributed by atoms with Crippen molar-refractivity contribution in [2.24, 2.45) is 21.5 Å². The first kappa shape index (κ1) is 18.7. The summed E-state index contributed by atoms with van der Waals surface area (Å²) in [7, 11) is 3.08. The van der Waals surface area contributed by atoms with Gasteiger partial charge in [-0.25, -0.2) is 4.99 Å². The summed E-state index contributed by atoms with van der Waals surface area (Å²) in [6.07, 6.45) is 4.62. The van der Waals surface area contributed by atoms with Gasteiger partial charge in [-0.05, 0) is 43.9 Å². The summed E-state index contributed by atoms with van der Waals surface area (Å²) in [6.45, 7) is 0. The van der Waals surface area contributed by atoms with Crippen molar-refractivity contribution in [1.82, 2.24) is 10.6 Å². The maximum absolute atomic E-state index is 12.2. The van der Waals surface area contributed by atoms with E-state index in [-0.39, 0.29) is 23.7 Å². The van der Waals surface area contributed by atoms with E-state index in [0.29, 0.717) is 16.8 Å². The second-order valence-electron chi connectivity index (χ2n) is 6.75. The number of amides is 2. The molecule has 0 bridgehead atoms. The Bertz CT molecular complexity index is 791. The van der Waals surface area contributed by atoms with Crippen LogP contribution in [0, 0.1) is 0 Å². The molecule has 9 nitrogen and oxygen atoms in total. The standard InChI is InChI=1S/C18H25N7O2/c1-21-14(26)11-8-12(15(27)22-2)10-13(9-11)25-17(20)23-16(19)24-18(25)6-4-3-5-7-18/h8-10H,3-7H2,1-2H3,(H,21,26)(H,22,27)(H4,19,20,23,24). The van der Waals surface area contributed by atoms with Crippen LogP contribution in [0.1, 0.15) is 52.8 Å². The third-order valence-electron chi connectivity index (χ3n) is 5.01. The number of anilines is 1. The van der Waals surface area contributed by atoms with Crippen molar-refractivity contribution in [2.75, 3.05) is 19.0 Å². The number of rotatable bonds is 3. The van der Waals surface area contributed by atoms with Gasteiger partial charge in [0, 0.05) is 30.9 Å². The largest absolute Gasteiger partial charge is 0.369 e. The fourth-order valence-corrected chi connectivity index (χ4v) is 3.79. The highest BCUT2D eigenvalue weighted by molar-refractivity contribution is 6.08. The maximum Gasteiger partial charge on any atom is 0.251 e. The van der Waals surface area contributed by atoms with Crippen LogP contribution in [-0.2, 0) is 0 Å². The molecule has 1 aromatic carbocycles. The van der Waals surface area contributed by atoms with Crippen molar-refractivity contribution in [1.29, 1.82) is 0 Å². The molecule has 6 N–H and O–H groups in total. The van der Waals surface area contributed by atoms with Crippen molar-refractivity contribution < 1.29 is 9.59 Å². The molecule has 1 fully saturated rings. The molecule has 2 amide bonds. The summed E-state index contributed by atoms with van der Waals surface area (Å²) in [5, 5.41) is 5.17. The van der Waals surface area contributed by atoms with Gasteiger partial charge < -0.3 is 22.1 Å². The van der Waals surface area contributed by atoms with Gasteiger partial charge in [-0.1, -0.05) is 6.42 Å². The molecule has 0 unspecified atom stereocenters. The smallest absolute Gasteiger partial charge is 0.251 e. The van der Waals surface area contributed by atoms with Crippen molar-refractivity contribution in [3.63, 3.8) is 0 Å². The highest BCUT2D eigenvalue weighted by Gasteiger charge is 2.42. The van der Waals surface area contributed by atoms with Crippen LogP contribution in [-0.4, -0.2) is 43.5 Å². The molecule has 1 aliphatic heterocycles. The van der Waals surface area contributed by atoms with E-state index in [2.05, 4.69) is 20.6 Å². The molecule has 27 heavy (non-hydrogen) atoms. The molecule has 0 aromatic heterocycles. The van der Waals surface area contributed by atoms with Gasteiger partial charge >= 0.3 is 0 Å². The van der Waals surface area contributed by atoms with Gasteiger partial charge in [0.15, 0.2) is 0 Å². The topological polar surface area (TPSA) is 138 Å². The number of nitrogens with zero attached hydrogens (tertiary/aromatic N) is 3. The minimum Gasteiger partial charge on any atom is -0.369 e.